The lowest BCUT2D eigenvalue weighted by Crippen LogP contribution is -2.28. The average molecular weight is 463 g/mol. The summed E-state index contributed by atoms with van der Waals surface area (Å²) in [6.45, 7) is 2.19. The minimum Gasteiger partial charge on any atom is -0.579 e. The maximum Gasteiger partial charge on any atom is 0.0713 e. The van der Waals surface area contributed by atoms with E-state index in [1.165, 1.54) is 55.6 Å². The Hall–Kier alpha value is -3.37. The van der Waals surface area contributed by atoms with Crippen molar-refractivity contribution in [3.8, 4) is 22.3 Å². The number of rotatable bonds is 5. The molecule has 35 heavy (non-hydrogen) atoms. The van der Waals surface area contributed by atoms with E-state index in [0.29, 0.717) is 0 Å². The zero-order valence-corrected chi connectivity index (χ0v) is 21.2. The molecule has 1 atom stereocenters. The predicted octanol–water partition coefficient (Wildman–Crippen LogP) is 8.15. The van der Waals surface area contributed by atoms with Gasteiger partial charge in [-0.1, -0.05) is 133 Å². The highest BCUT2D eigenvalue weighted by Crippen LogP contribution is 2.56. The fraction of sp³-hybridized carbons (Fsp3) is 0.118. The highest BCUT2D eigenvalue weighted by atomic mass is 27.0. The van der Waals surface area contributed by atoms with Crippen LogP contribution in [0.25, 0.3) is 22.3 Å². The van der Waals surface area contributed by atoms with Crippen LogP contribution >= 0.6 is 0 Å². The number of fused-ring (bicyclic) bond motifs is 3. The first-order valence-electron chi connectivity index (χ1n) is 12.4. The summed E-state index contributed by atoms with van der Waals surface area (Å²) in [5.74, 6) is 0. The number of aryl methyl sites for hydroxylation is 2. The van der Waals surface area contributed by atoms with Crippen molar-refractivity contribution in [1.29, 1.82) is 0 Å². The second-order valence-corrected chi connectivity index (χ2v) is 10.1. The summed E-state index contributed by atoms with van der Waals surface area (Å²) in [6, 6.07) is 45.2. The van der Waals surface area contributed by atoms with E-state index in [2.05, 4.69) is 145 Å². The van der Waals surface area contributed by atoms with Gasteiger partial charge in [0, 0.05) is 0 Å². The summed E-state index contributed by atoms with van der Waals surface area (Å²) in [4.78, 5) is 0. The van der Waals surface area contributed by atoms with E-state index in [0.717, 1.165) is 11.7 Å². The fourth-order valence-electron chi connectivity index (χ4n) is 5.82. The van der Waals surface area contributed by atoms with Crippen molar-refractivity contribution < 1.29 is 0 Å². The lowest BCUT2D eigenvalue weighted by Gasteiger charge is -2.34. The predicted molar refractivity (Wildman–Crippen MR) is 148 cm³/mol. The molecule has 0 N–H and O–H groups in total. The quantitative estimate of drug-likeness (QED) is 0.227. The molecule has 0 aromatic heterocycles. The minimum atomic E-state index is -0.357. The second-order valence-electron chi connectivity index (χ2n) is 9.53. The van der Waals surface area contributed by atoms with Crippen molar-refractivity contribution in [1.82, 2.24) is 0 Å². The van der Waals surface area contributed by atoms with Crippen molar-refractivity contribution in [2.45, 2.75) is 24.0 Å². The molecule has 5 aromatic carbocycles. The molecule has 167 valence electrons. The van der Waals surface area contributed by atoms with Crippen molar-refractivity contribution >= 4 is 16.3 Å². The first kappa shape index (κ1) is 22.1. The van der Waals surface area contributed by atoms with E-state index in [4.69, 9.17) is 0 Å². The Bertz CT molecular complexity index is 1480. The van der Waals surface area contributed by atoms with E-state index in [9.17, 15) is 0 Å². The summed E-state index contributed by atoms with van der Waals surface area (Å²) in [6.07, 6.45) is 1.08. The van der Waals surface area contributed by atoms with Crippen LogP contribution in [-0.4, -0.2) is 16.3 Å². The Morgan fingerprint density at radius 1 is 0.571 bits per heavy atom. The van der Waals surface area contributed by atoms with Gasteiger partial charge in [-0.15, -0.1) is 0 Å². The Balaban J connectivity index is 1.70. The first-order valence-corrected chi connectivity index (χ1v) is 13.2. The topological polar surface area (TPSA) is 0 Å². The van der Waals surface area contributed by atoms with Gasteiger partial charge in [0.1, 0.15) is 0 Å². The molecule has 1 unspecified atom stereocenters. The maximum absolute atomic E-state index is 2.85. The molecule has 1 aliphatic rings. The van der Waals surface area contributed by atoms with Crippen molar-refractivity contribution in [2.75, 3.05) is 0 Å². The van der Waals surface area contributed by atoms with Crippen LogP contribution in [0.5, 0.6) is 0 Å². The van der Waals surface area contributed by atoms with Crippen LogP contribution in [0.4, 0.5) is 0 Å². The van der Waals surface area contributed by atoms with Crippen LogP contribution < -0.4 is 0 Å². The third-order valence-corrected chi connectivity index (χ3v) is 7.72. The van der Waals surface area contributed by atoms with Crippen LogP contribution in [-0.2, 0) is 11.8 Å². The van der Waals surface area contributed by atoms with Crippen LogP contribution in [0.15, 0.2) is 121 Å². The van der Waals surface area contributed by atoms with E-state index >= 15 is 0 Å². The molecule has 6 rings (SSSR count). The third-order valence-electron chi connectivity index (χ3n) is 7.43. The minimum absolute atomic E-state index is 0.357. The molecule has 1 heteroatoms. The zero-order valence-electron chi connectivity index (χ0n) is 20.0. The molecule has 0 amide bonds. The number of benzene rings is 5. The van der Waals surface area contributed by atoms with Crippen LogP contribution in [0.3, 0.4) is 0 Å². The SMILES string of the molecule is Cc1ccc2c(c1)-c1ccc(-c3ccccc3)cc1C2(c1ccccc1)c1ccc(C[CH2][Al-])cc1. The Morgan fingerprint density at radius 2 is 1.26 bits per heavy atom. The monoisotopic (exact) mass is 462 g/mol. The van der Waals surface area contributed by atoms with E-state index in [-0.39, 0.29) is 5.41 Å². The van der Waals surface area contributed by atoms with Crippen molar-refractivity contribution in [3.05, 3.63) is 155 Å². The second kappa shape index (κ2) is 9.01. The van der Waals surface area contributed by atoms with E-state index < -0.39 is 0 Å². The first-order chi connectivity index (χ1) is 17.2. The molecule has 0 nitrogen and oxygen atoms in total. The molecule has 0 aliphatic heterocycles. The third kappa shape index (κ3) is 3.59. The van der Waals surface area contributed by atoms with Gasteiger partial charge < -0.3 is 16.3 Å². The summed E-state index contributed by atoms with van der Waals surface area (Å²) in [5.41, 5.74) is 12.9. The molecule has 0 bridgehead atoms. The number of hydrogen-bond donors (Lipinski definition) is 0. The Morgan fingerprint density at radius 3 is 1.97 bits per heavy atom. The molecule has 0 saturated carbocycles. The molecule has 5 aromatic rings. The van der Waals surface area contributed by atoms with Gasteiger partial charge in [0.25, 0.3) is 0 Å². The molecule has 0 spiro atoms. The van der Waals surface area contributed by atoms with Gasteiger partial charge in [-0.25, -0.2) is 0 Å². The van der Waals surface area contributed by atoms with Crippen LogP contribution in [0.2, 0.25) is 5.28 Å². The normalized spacial score (nSPS) is 16.1. The lowest BCUT2D eigenvalue weighted by molar-refractivity contribution is 0.767. The van der Waals surface area contributed by atoms with Crippen LogP contribution in [0.1, 0.15) is 33.4 Å². The molecular formula is C34H27Al-. The van der Waals surface area contributed by atoms with Gasteiger partial charge in [0.05, 0.1) is 5.41 Å². The highest BCUT2D eigenvalue weighted by Gasteiger charge is 2.46. The maximum atomic E-state index is 2.85. The highest BCUT2D eigenvalue weighted by molar-refractivity contribution is 6.08. The summed E-state index contributed by atoms with van der Waals surface area (Å²) >= 11 is 2.85. The molecule has 3 radical (unpaired) electrons. The van der Waals surface area contributed by atoms with E-state index in [1.54, 1.807) is 0 Å². The van der Waals surface area contributed by atoms with Gasteiger partial charge in [-0.2, -0.15) is 0 Å². The molecular weight excluding hydrogens is 435 g/mol. The zero-order chi connectivity index (χ0) is 23.8. The largest absolute Gasteiger partial charge is 0.579 e. The molecule has 0 saturated heterocycles. The Labute approximate surface area is 216 Å². The molecule has 0 fully saturated rings. The summed E-state index contributed by atoms with van der Waals surface area (Å²) in [7, 11) is 0. The fourth-order valence-corrected chi connectivity index (χ4v) is 6.15. The van der Waals surface area contributed by atoms with Gasteiger partial charge in [-0.3, -0.25) is 5.28 Å². The van der Waals surface area contributed by atoms with Crippen molar-refractivity contribution in [3.63, 3.8) is 0 Å². The smallest absolute Gasteiger partial charge is 0.0713 e. The van der Waals surface area contributed by atoms with E-state index in [1.807, 2.05) is 0 Å². The lowest BCUT2D eigenvalue weighted by atomic mass is 9.67. The van der Waals surface area contributed by atoms with Gasteiger partial charge in [-0.05, 0) is 57.5 Å². The standard InChI is InChI=1S/C34H27.Al/c1-3-25-15-18-29(19-16-25)34(28-12-8-5-9-13-28)32-21-14-24(2)22-31(32)30-20-17-27(23-33(30)34)26-10-6-4-7-11-26;/h4-23H,1,3H2,2H3;/q;-1. The van der Waals surface area contributed by atoms with Gasteiger partial charge in [0.2, 0.25) is 0 Å². The average Bonchev–Trinajstić information content (AvgIpc) is 3.20. The summed E-state index contributed by atoms with van der Waals surface area (Å²) < 4.78 is 0. The molecule has 1 aliphatic carbocycles. The van der Waals surface area contributed by atoms with Crippen molar-refractivity contribution in [2.24, 2.45) is 0 Å². The number of hydrogen-bond acceptors (Lipinski definition) is 0. The molecule has 0 heterocycles. The van der Waals surface area contributed by atoms with Gasteiger partial charge in [0.15, 0.2) is 0 Å². The summed E-state index contributed by atoms with van der Waals surface area (Å²) in [5, 5.41) is 1.08. The van der Waals surface area contributed by atoms with Gasteiger partial charge >= 0.3 is 0 Å². The Kier molecular flexibility index (Phi) is 5.70. The van der Waals surface area contributed by atoms with Crippen LogP contribution in [0, 0.1) is 6.92 Å².